The zero-order valence-electron chi connectivity index (χ0n) is 8.18. The van der Waals surface area contributed by atoms with Crippen LogP contribution in [0, 0.1) is 0 Å². The van der Waals surface area contributed by atoms with Crippen LogP contribution >= 0.6 is 11.8 Å². The van der Waals surface area contributed by atoms with Gasteiger partial charge in [-0.2, -0.15) is 4.48 Å². The molecule has 0 spiro atoms. The van der Waals surface area contributed by atoms with Gasteiger partial charge in [-0.1, -0.05) is 11.8 Å². The number of amides is 1. The number of nitrogens with zero attached hydrogens (tertiary/aromatic N) is 1. The minimum absolute atomic E-state index is 0.141. The van der Waals surface area contributed by atoms with E-state index in [1.54, 1.807) is 12.5 Å². The molecule has 0 aromatic carbocycles. The number of carbonyl (C=O) groups is 2. The van der Waals surface area contributed by atoms with Gasteiger partial charge in [0.15, 0.2) is 4.87 Å². The van der Waals surface area contributed by atoms with Crippen LogP contribution < -0.4 is 0 Å². The topological polar surface area (TPSA) is 63.6 Å². The molecule has 0 saturated heterocycles. The summed E-state index contributed by atoms with van der Waals surface area (Å²) in [7, 11) is 1.61. The third kappa shape index (κ3) is 1.51. The number of carboxylic acid groups (broad SMARTS) is 1. The highest BCUT2D eigenvalue weighted by molar-refractivity contribution is 8.03. The van der Waals surface area contributed by atoms with Crippen LogP contribution in [0.1, 0.15) is 13.8 Å². The smallest absolute Gasteiger partial charge is 0.449 e. The second-order valence-corrected chi connectivity index (χ2v) is 5.04. The molecule has 0 bridgehead atoms. The SMILES string of the molecule is CC1(C)SC=C(OC(=O)O)[N+]1(C)C=O. The Morgan fingerprint density at radius 1 is 1.71 bits per heavy atom. The van der Waals surface area contributed by atoms with Gasteiger partial charge in [0.1, 0.15) is 0 Å². The number of hydrogen-bond donors (Lipinski definition) is 1. The van der Waals surface area contributed by atoms with E-state index in [1.807, 2.05) is 13.8 Å². The highest BCUT2D eigenvalue weighted by atomic mass is 32.2. The first-order valence-electron chi connectivity index (χ1n) is 3.95. The molecule has 1 atom stereocenters. The van der Waals surface area contributed by atoms with Gasteiger partial charge in [0, 0.05) is 13.8 Å². The van der Waals surface area contributed by atoms with Crippen molar-refractivity contribution in [1.29, 1.82) is 0 Å². The summed E-state index contributed by atoms with van der Waals surface area (Å²) in [5.41, 5.74) is 0. The standard InChI is InChI=1S/C8H11NO4S/c1-8(2)9(3,5-10)6(4-14-8)13-7(11)12/h4-5H,1-3H3/p+1. The lowest BCUT2D eigenvalue weighted by Gasteiger charge is -2.34. The van der Waals surface area contributed by atoms with Crippen molar-refractivity contribution in [3.63, 3.8) is 0 Å². The number of ether oxygens (including phenoxy) is 1. The summed E-state index contributed by atoms with van der Waals surface area (Å²) in [6.07, 6.45) is -0.727. The molecule has 1 aliphatic rings. The Labute approximate surface area is 85.9 Å². The normalized spacial score (nSPS) is 29.5. The zero-order valence-corrected chi connectivity index (χ0v) is 9.00. The maximum Gasteiger partial charge on any atom is 0.515 e. The Kier molecular flexibility index (Phi) is 2.60. The van der Waals surface area contributed by atoms with Crippen molar-refractivity contribution in [2.45, 2.75) is 18.7 Å². The fourth-order valence-corrected chi connectivity index (χ4v) is 2.07. The molecule has 78 valence electrons. The molecule has 1 rings (SSSR count). The summed E-state index contributed by atoms with van der Waals surface area (Å²) in [6.45, 7) is 3.70. The van der Waals surface area contributed by atoms with E-state index in [2.05, 4.69) is 4.74 Å². The molecule has 1 aliphatic heterocycles. The van der Waals surface area contributed by atoms with Crippen LogP contribution in [0.25, 0.3) is 0 Å². The quantitative estimate of drug-likeness (QED) is 0.433. The van der Waals surface area contributed by atoms with Crippen LogP contribution in [0.2, 0.25) is 0 Å². The van der Waals surface area contributed by atoms with Gasteiger partial charge in [0.05, 0.1) is 12.5 Å². The summed E-state index contributed by atoms with van der Waals surface area (Å²) in [5.74, 6) is 0.141. The van der Waals surface area contributed by atoms with E-state index in [9.17, 15) is 9.59 Å². The van der Waals surface area contributed by atoms with E-state index in [0.29, 0.717) is 6.41 Å². The van der Waals surface area contributed by atoms with E-state index in [4.69, 9.17) is 5.11 Å². The molecule has 0 aliphatic carbocycles. The minimum atomic E-state index is -1.40. The molecule has 0 aromatic rings. The van der Waals surface area contributed by atoms with Crippen molar-refractivity contribution in [2.24, 2.45) is 0 Å². The van der Waals surface area contributed by atoms with E-state index in [-0.39, 0.29) is 10.4 Å². The van der Waals surface area contributed by atoms with Crippen molar-refractivity contribution >= 4 is 24.3 Å². The van der Waals surface area contributed by atoms with E-state index in [0.717, 1.165) is 0 Å². The van der Waals surface area contributed by atoms with Crippen molar-refractivity contribution < 1.29 is 23.9 Å². The highest BCUT2D eigenvalue weighted by Crippen LogP contribution is 2.44. The lowest BCUT2D eigenvalue weighted by Crippen LogP contribution is -2.53. The molecule has 0 aromatic heterocycles. The fraction of sp³-hybridized carbons (Fsp3) is 0.500. The van der Waals surface area contributed by atoms with Gasteiger partial charge in [-0.25, -0.2) is 9.59 Å². The molecule has 0 fully saturated rings. The van der Waals surface area contributed by atoms with Crippen LogP contribution in [-0.4, -0.2) is 34.1 Å². The molecular weight excluding hydrogens is 206 g/mol. The van der Waals surface area contributed by atoms with Crippen molar-refractivity contribution in [2.75, 3.05) is 7.05 Å². The largest absolute Gasteiger partial charge is 0.515 e. The minimum Gasteiger partial charge on any atom is -0.449 e. The maximum atomic E-state index is 11.0. The van der Waals surface area contributed by atoms with E-state index >= 15 is 0 Å². The first kappa shape index (κ1) is 11.1. The lowest BCUT2D eigenvalue weighted by atomic mass is 10.3. The van der Waals surface area contributed by atoms with Gasteiger partial charge in [-0.05, 0) is 0 Å². The molecule has 1 unspecified atom stereocenters. The lowest BCUT2D eigenvalue weighted by molar-refractivity contribution is -0.831. The Balaban J connectivity index is 2.99. The number of carbonyl (C=O) groups excluding carboxylic acids is 1. The van der Waals surface area contributed by atoms with Crippen molar-refractivity contribution in [3.05, 3.63) is 11.3 Å². The maximum absolute atomic E-state index is 11.0. The second kappa shape index (κ2) is 3.29. The summed E-state index contributed by atoms with van der Waals surface area (Å²) in [4.78, 5) is 20.9. The summed E-state index contributed by atoms with van der Waals surface area (Å²) >= 11 is 1.37. The molecule has 5 nitrogen and oxygen atoms in total. The average molecular weight is 218 g/mol. The molecule has 14 heavy (non-hydrogen) atoms. The van der Waals surface area contributed by atoms with E-state index < -0.39 is 11.0 Å². The molecular formula is C8H12NO4S+. The molecule has 1 N–H and O–H groups in total. The van der Waals surface area contributed by atoms with Crippen LogP contribution in [0.4, 0.5) is 4.79 Å². The molecule has 6 heteroatoms. The molecule has 0 saturated carbocycles. The van der Waals surface area contributed by atoms with Gasteiger partial charge in [-0.15, -0.1) is 0 Å². The van der Waals surface area contributed by atoms with E-state index in [1.165, 1.54) is 11.8 Å². The second-order valence-electron chi connectivity index (χ2n) is 3.57. The van der Waals surface area contributed by atoms with Crippen LogP contribution in [0.15, 0.2) is 11.3 Å². The predicted molar refractivity (Wildman–Crippen MR) is 51.1 cm³/mol. The first-order valence-corrected chi connectivity index (χ1v) is 4.83. The monoisotopic (exact) mass is 218 g/mol. The summed E-state index contributed by atoms with van der Waals surface area (Å²) in [5, 5.41) is 10.0. The highest BCUT2D eigenvalue weighted by Gasteiger charge is 2.51. The fourth-order valence-electron chi connectivity index (χ4n) is 1.07. The average Bonchev–Trinajstić information content (AvgIpc) is 2.29. The first-order chi connectivity index (χ1) is 6.33. The summed E-state index contributed by atoms with van der Waals surface area (Å²) < 4.78 is 4.37. The van der Waals surface area contributed by atoms with Crippen molar-refractivity contribution in [3.8, 4) is 0 Å². The van der Waals surface area contributed by atoms with Gasteiger partial charge in [0.25, 0.3) is 0 Å². The van der Waals surface area contributed by atoms with Crippen LogP contribution in [-0.2, 0) is 9.53 Å². The summed E-state index contributed by atoms with van der Waals surface area (Å²) in [6, 6.07) is 0. The van der Waals surface area contributed by atoms with Gasteiger partial charge < -0.3 is 9.84 Å². The predicted octanol–water partition coefficient (Wildman–Crippen LogP) is 1.57. The Morgan fingerprint density at radius 3 is 2.71 bits per heavy atom. The Bertz CT molecular complexity index is 312. The molecule has 1 amide bonds. The van der Waals surface area contributed by atoms with Crippen molar-refractivity contribution in [1.82, 2.24) is 0 Å². The Hall–Kier alpha value is -1.01. The molecule has 1 heterocycles. The zero-order chi connectivity index (χ0) is 11.0. The third-order valence-electron chi connectivity index (χ3n) is 2.43. The number of hydrogen-bond acceptors (Lipinski definition) is 4. The van der Waals surface area contributed by atoms with Gasteiger partial charge >= 0.3 is 18.4 Å². The van der Waals surface area contributed by atoms with Gasteiger partial charge in [0.2, 0.25) is 0 Å². The third-order valence-corrected chi connectivity index (χ3v) is 3.70. The van der Waals surface area contributed by atoms with Crippen LogP contribution in [0.5, 0.6) is 0 Å². The number of thioether (sulfide) groups is 1. The number of rotatable bonds is 2. The Morgan fingerprint density at radius 2 is 2.29 bits per heavy atom. The van der Waals surface area contributed by atoms with Crippen LogP contribution in [0.3, 0.4) is 0 Å². The number of quaternary nitrogens is 1. The van der Waals surface area contributed by atoms with Gasteiger partial charge in [-0.3, -0.25) is 0 Å². The molecule has 0 radical (unpaired) electrons.